The number of hydrogen-bond donors (Lipinski definition) is 1. The summed E-state index contributed by atoms with van der Waals surface area (Å²) >= 11 is 13.7. The number of amides is 1. The Labute approximate surface area is 201 Å². The lowest BCUT2D eigenvalue weighted by Gasteiger charge is -2.36. The van der Waals surface area contributed by atoms with E-state index >= 15 is 0 Å². The predicted octanol–water partition coefficient (Wildman–Crippen LogP) is 5.15. The van der Waals surface area contributed by atoms with Crippen LogP contribution in [0.1, 0.15) is 5.56 Å². The van der Waals surface area contributed by atoms with Crippen molar-refractivity contribution in [3.63, 3.8) is 0 Å². The molecule has 0 bridgehead atoms. The Morgan fingerprint density at radius 2 is 1.72 bits per heavy atom. The second-order valence-corrected chi connectivity index (χ2v) is 9.25. The number of aryl methyl sites for hydroxylation is 1. The highest BCUT2D eigenvalue weighted by Crippen LogP contribution is 2.25. The Morgan fingerprint density at radius 3 is 2.44 bits per heavy atom. The molecule has 2 aromatic carbocycles. The minimum atomic E-state index is -0.112. The van der Waals surface area contributed by atoms with E-state index in [0.29, 0.717) is 10.3 Å². The lowest BCUT2D eigenvalue weighted by molar-refractivity contribution is -0.113. The molecule has 1 saturated heterocycles. The molecule has 166 valence electrons. The van der Waals surface area contributed by atoms with E-state index < -0.39 is 0 Å². The Kier molecular flexibility index (Phi) is 7.40. The summed E-state index contributed by atoms with van der Waals surface area (Å²) in [6, 6.07) is 17.4. The molecule has 3 aromatic rings. The summed E-state index contributed by atoms with van der Waals surface area (Å²) in [5, 5.41) is 4.48. The molecule has 9 heteroatoms. The number of carbonyl (C=O) groups is 1. The zero-order chi connectivity index (χ0) is 22.5. The van der Waals surface area contributed by atoms with Crippen LogP contribution >= 0.6 is 35.0 Å². The smallest absolute Gasteiger partial charge is 0.234 e. The minimum Gasteiger partial charge on any atom is -0.368 e. The predicted molar refractivity (Wildman–Crippen MR) is 133 cm³/mol. The molecule has 2 heterocycles. The Morgan fingerprint density at radius 1 is 1.00 bits per heavy atom. The van der Waals surface area contributed by atoms with E-state index in [1.54, 1.807) is 6.07 Å². The first-order chi connectivity index (χ1) is 15.5. The van der Waals surface area contributed by atoms with Crippen LogP contribution in [0.3, 0.4) is 0 Å². The lowest BCUT2D eigenvalue weighted by atomic mass is 10.2. The van der Waals surface area contributed by atoms with Crippen molar-refractivity contribution >= 4 is 58.1 Å². The maximum atomic E-state index is 12.3. The summed E-state index contributed by atoms with van der Waals surface area (Å²) in [6.45, 7) is 5.31. The zero-order valence-electron chi connectivity index (χ0n) is 17.6. The maximum Gasteiger partial charge on any atom is 0.234 e. The molecule has 0 saturated carbocycles. The van der Waals surface area contributed by atoms with Crippen LogP contribution in [0.2, 0.25) is 10.2 Å². The van der Waals surface area contributed by atoms with Crippen molar-refractivity contribution in [2.45, 2.75) is 12.1 Å². The first kappa shape index (κ1) is 22.7. The number of carbonyl (C=O) groups excluding carboxylic acids is 1. The Balaban J connectivity index is 1.34. The largest absolute Gasteiger partial charge is 0.368 e. The van der Waals surface area contributed by atoms with Gasteiger partial charge >= 0.3 is 0 Å². The first-order valence-electron chi connectivity index (χ1n) is 10.3. The van der Waals surface area contributed by atoms with Gasteiger partial charge < -0.3 is 15.1 Å². The highest BCUT2D eigenvalue weighted by atomic mass is 35.5. The number of halogens is 2. The maximum absolute atomic E-state index is 12.3. The van der Waals surface area contributed by atoms with Gasteiger partial charge in [-0.3, -0.25) is 4.79 Å². The Bertz CT molecular complexity index is 1090. The van der Waals surface area contributed by atoms with E-state index in [0.717, 1.165) is 54.0 Å². The van der Waals surface area contributed by atoms with Crippen molar-refractivity contribution in [3.8, 4) is 0 Å². The van der Waals surface area contributed by atoms with Crippen LogP contribution in [-0.2, 0) is 4.79 Å². The number of hydrogen-bond acceptors (Lipinski definition) is 6. The summed E-state index contributed by atoms with van der Waals surface area (Å²) in [7, 11) is 0. The average molecular weight is 488 g/mol. The van der Waals surface area contributed by atoms with Gasteiger partial charge in [-0.1, -0.05) is 58.7 Å². The second kappa shape index (κ2) is 10.4. The first-order valence-corrected chi connectivity index (χ1v) is 12.0. The van der Waals surface area contributed by atoms with E-state index in [4.69, 9.17) is 23.2 Å². The molecule has 1 fully saturated rings. The van der Waals surface area contributed by atoms with Gasteiger partial charge in [0.25, 0.3) is 0 Å². The summed E-state index contributed by atoms with van der Waals surface area (Å²) in [5.41, 5.74) is 3.03. The topological polar surface area (TPSA) is 61.4 Å². The SMILES string of the molecule is Cc1ccc(NC(=O)CSc2nc(Cl)cc(N3CCN(c4cccc(Cl)c4)CC3)n2)cc1. The van der Waals surface area contributed by atoms with Gasteiger partial charge in [0, 0.05) is 48.6 Å². The number of anilines is 3. The van der Waals surface area contributed by atoms with Crippen molar-refractivity contribution in [2.24, 2.45) is 0 Å². The van der Waals surface area contributed by atoms with Gasteiger partial charge in [0.2, 0.25) is 5.91 Å². The van der Waals surface area contributed by atoms with Crippen molar-refractivity contribution in [3.05, 3.63) is 70.3 Å². The summed E-state index contributed by atoms with van der Waals surface area (Å²) < 4.78 is 0. The molecule has 0 aliphatic carbocycles. The molecule has 32 heavy (non-hydrogen) atoms. The fraction of sp³-hybridized carbons (Fsp3) is 0.261. The van der Waals surface area contributed by atoms with Gasteiger partial charge in [0.05, 0.1) is 5.75 Å². The number of piperazine rings is 1. The van der Waals surface area contributed by atoms with Gasteiger partial charge in [-0.05, 0) is 37.3 Å². The van der Waals surface area contributed by atoms with Crippen molar-refractivity contribution in [1.29, 1.82) is 0 Å². The van der Waals surface area contributed by atoms with E-state index in [1.807, 2.05) is 49.4 Å². The molecule has 0 unspecified atom stereocenters. The molecule has 1 N–H and O–H groups in total. The quantitative estimate of drug-likeness (QED) is 0.294. The van der Waals surface area contributed by atoms with E-state index in [1.165, 1.54) is 11.8 Å². The molecular weight excluding hydrogens is 465 g/mol. The number of nitrogens with zero attached hydrogens (tertiary/aromatic N) is 4. The monoisotopic (exact) mass is 487 g/mol. The van der Waals surface area contributed by atoms with Gasteiger partial charge in [0.15, 0.2) is 5.16 Å². The summed E-state index contributed by atoms with van der Waals surface area (Å²) in [6.07, 6.45) is 0. The van der Waals surface area contributed by atoms with Crippen molar-refractivity contribution < 1.29 is 4.79 Å². The van der Waals surface area contributed by atoms with Crippen LogP contribution in [0.4, 0.5) is 17.2 Å². The van der Waals surface area contributed by atoms with Gasteiger partial charge in [-0.2, -0.15) is 0 Å². The standard InChI is InChI=1S/C23H23Cl2N5OS/c1-16-5-7-18(8-6-16)26-22(31)15-32-23-27-20(25)14-21(28-23)30-11-9-29(10-12-30)19-4-2-3-17(24)13-19/h2-8,13-14H,9-12,15H2,1H3,(H,26,31). The molecule has 1 aromatic heterocycles. The van der Waals surface area contributed by atoms with E-state index in [-0.39, 0.29) is 11.7 Å². The Hall–Kier alpha value is -2.48. The van der Waals surface area contributed by atoms with Crippen LogP contribution in [0, 0.1) is 6.92 Å². The van der Waals surface area contributed by atoms with Gasteiger partial charge in [0.1, 0.15) is 11.0 Å². The third kappa shape index (κ3) is 6.06. The molecular formula is C23H23Cl2N5OS. The summed E-state index contributed by atoms with van der Waals surface area (Å²) in [5.74, 6) is 0.868. The molecule has 6 nitrogen and oxygen atoms in total. The highest BCUT2D eigenvalue weighted by Gasteiger charge is 2.20. The van der Waals surface area contributed by atoms with Crippen LogP contribution in [0.15, 0.2) is 59.8 Å². The molecule has 1 aliphatic heterocycles. The highest BCUT2D eigenvalue weighted by molar-refractivity contribution is 7.99. The van der Waals surface area contributed by atoms with Gasteiger partial charge in [-0.25, -0.2) is 9.97 Å². The minimum absolute atomic E-state index is 0.112. The number of rotatable bonds is 6. The number of thioether (sulfide) groups is 1. The number of benzene rings is 2. The van der Waals surface area contributed by atoms with Crippen molar-refractivity contribution in [2.75, 3.05) is 47.0 Å². The molecule has 1 amide bonds. The van der Waals surface area contributed by atoms with Crippen molar-refractivity contribution in [1.82, 2.24) is 9.97 Å². The number of nitrogens with one attached hydrogen (secondary N) is 1. The molecule has 1 aliphatic rings. The average Bonchev–Trinajstić information content (AvgIpc) is 2.79. The fourth-order valence-corrected chi connectivity index (χ4v) is 4.51. The van der Waals surface area contributed by atoms with Crippen LogP contribution in [-0.4, -0.2) is 47.8 Å². The normalized spacial score (nSPS) is 13.8. The number of aromatic nitrogens is 2. The van der Waals surface area contributed by atoms with Crippen LogP contribution in [0.5, 0.6) is 0 Å². The molecule has 0 atom stereocenters. The molecule has 0 spiro atoms. The van der Waals surface area contributed by atoms with E-state index in [9.17, 15) is 4.79 Å². The van der Waals surface area contributed by atoms with Gasteiger partial charge in [-0.15, -0.1) is 0 Å². The second-order valence-electron chi connectivity index (χ2n) is 7.49. The van der Waals surface area contributed by atoms with E-state index in [2.05, 4.69) is 31.2 Å². The molecule has 0 radical (unpaired) electrons. The lowest BCUT2D eigenvalue weighted by Crippen LogP contribution is -2.46. The summed E-state index contributed by atoms with van der Waals surface area (Å²) in [4.78, 5) is 25.7. The van der Waals surface area contributed by atoms with Crippen LogP contribution in [0.25, 0.3) is 0 Å². The zero-order valence-corrected chi connectivity index (χ0v) is 19.9. The third-order valence-corrected chi connectivity index (χ3v) is 6.38. The fourth-order valence-electron chi connectivity index (χ4n) is 3.44. The molecule has 4 rings (SSSR count). The third-order valence-electron chi connectivity index (χ3n) is 5.11. The van der Waals surface area contributed by atoms with Crippen LogP contribution < -0.4 is 15.1 Å².